The van der Waals surface area contributed by atoms with Gasteiger partial charge in [-0.25, -0.2) is 0 Å². The van der Waals surface area contributed by atoms with Crippen molar-refractivity contribution in [1.29, 1.82) is 0 Å². The molecule has 0 aliphatic rings. The average molecular weight is 375 g/mol. The van der Waals surface area contributed by atoms with Gasteiger partial charge in [-0.2, -0.15) is 0 Å². The number of ether oxygens (including phenoxy) is 1. The lowest BCUT2D eigenvalue weighted by Gasteiger charge is -2.28. The van der Waals surface area contributed by atoms with Crippen LogP contribution in [0.2, 0.25) is 5.02 Å². The molecule has 0 fully saturated rings. The first-order valence-corrected chi connectivity index (χ1v) is 8.82. The van der Waals surface area contributed by atoms with Crippen LogP contribution in [-0.2, 0) is 16.0 Å². The molecule has 138 valence electrons. The molecule has 5 nitrogen and oxygen atoms in total. The molecule has 0 heterocycles. The van der Waals surface area contributed by atoms with Gasteiger partial charge in [0.2, 0.25) is 5.91 Å². The number of carbonyl (C=O) groups is 2. The van der Waals surface area contributed by atoms with E-state index in [2.05, 4.69) is 5.32 Å². The van der Waals surface area contributed by atoms with E-state index < -0.39 is 6.04 Å². The summed E-state index contributed by atoms with van der Waals surface area (Å²) < 4.78 is 5.54. The van der Waals surface area contributed by atoms with E-state index >= 15 is 0 Å². The lowest BCUT2D eigenvalue weighted by molar-refractivity contribution is -0.141. The SMILES string of the molecule is CNC(=O)C(C)N(CCc1ccccc1)C(=O)COc1ccc(Cl)cc1. The Kier molecular flexibility index (Phi) is 7.48. The van der Waals surface area contributed by atoms with Gasteiger partial charge < -0.3 is 15.0 Å². The van der Waals surface area contributed by atoms with Gasteiger partial charge in [0, 0.05) is 18.6 Å². The maximum Gasteiger partial charge on any atom is 0.261 e. The Bertz CT molecular complexity index is 720. The molecule has 0 aliphatic heterocycles. The van der Waals surface area contributed by atoms with Gasteiger partial charge in [0.25, 0.3) is 5.91 Å². The van der Waals surface area contributed by atoms with Crippen molar-refractivity contribution >= 4 is 23.4 Å². The van der Waals surface area contributed by atoms with Crippen molar-refractivity contribution in [1.82, 2.24) is 10.2 Å². The van der Waals surface area contributed by atoms with Crippen LogP contribution < -0.4 is 10.1 Å². The molecule has 2 amide bonds. The third-order valence-electron chi connectivity index (χ3n) is 4.07. The van der Waals surface area contributed by atoms with Crippen molar-refractivity contribution in [2.45, 2.75) is 19.4 Å². The first-order chi connectivity index (χ1) is 12.5. The molecule has 0 radical (unpaired) electrons. The molecule has 0 aliphatic carbocycles. The molecule has 0 spiro atoms. The quantitative estimate of drug-likeness (QED) is 0.772. The van der Waals surface area contributed by atoms with E-state index in [1.165, 1.54) is 0 Å². The van der Waals surface area contributed by atoms with Gasteiger partial charge >= 0.3 is 0 Å². The molecule has 2 aromatic carbocycles. The molecule has 0 saturated heterocycles. The minimum atomic E-state index is -0.579. The fourth-order valence-corrected chi connectivity index (χ4v) is 2.66. The molecule has 1 unspecified atom stereocenters. The number of halogens is 1. The molecule has 0 aromatic heterocycles. The molecule has 1 atom stereocenters. The van der Waals surface area contributed by atoms with Crippen molar-refractivity contribution in [3.05, 3.63) is 65.2 Å². The predicted octanol–water partition coefficient (Wildman–Crippen LogP) is 2.92. The molecule has 2 rings (SSSR count). The zero-order chi connectivity index (χ0) is 18.9. The van der Waals surface area contributed by atoms with Crippen LogP contribution in [0.25, 0.3) is 0 Å². The van der Waals surface area contributed by atoms with Crippen LogP contribution in [0, 0.1) is 0 Å². The van der Waals surface area contributed by atoms with Gasteiger partial charge in [-0.3, -0.25) is 9.59 Å². The first-order valence-electron chi connectivity index (χ1n) is 8.44. The van der Waals surface area contributed by atoms with Crippen LogP contribution in [0.15, 0.2) is 54.6 Å². The summed E-state index contributed by atoms with van der Waals surface area (Å²) in [6, 6.07) is 16.1. The Hall–Kier alpha value is -2.53. The normalized spacial score (nSPS) is 11.5. The van der Waals surface area contributed by atoms with Crippen LogP contribution in [-0.4, -0.2) is 43.0 Å². The number of hydrogen-bond donors (Lipinski definition) is 1. The molecule has 26 heavy (non-hydrogen) atoms. The second kappa shape index (κ2) is 9.82. The van der Waals surface area contributed by atoms with Crippen LogP contribution in [0.1, 0.15) is 12.5 Å². The summed E-state index contributed by atoms with van der Waals surface area (Å²) in [6.07, 6.45) is 0.662. The lowest BCUT2D eigenvalue weighted by Crippen LogP contribution is -2.49. The number of carbonyl (C=O) groups excluding carboxylic acids is 2. The van der Waals surface area contributed by atoms with Gasteiger partial charge in [-0.05, 0) is 43.2 Å². The molecule has 0 saturated carbocycles. The van der Waals surface area contributed by atoms with E-state index in [4.69, 9.17) is 16.3 Å². The summed E-state index contributed by atoms with van der Waals surface area (Å²) in [6.45, 7) is 2.00. The van der Waals surface area contributed by atoms with E-state index in [0.29, 0.717) is 23.7 Å². The van der Waals surface area contributed by atoms with Crippen molar-refractivity contribution in [3.63, 3.8) is 0 Å². The predicted molar refractivity (Wildman–Crippen MR) is 102 cm³/mol. The first kappa shape index (κ1) is 19.8. The summed E-state index contributed by atoms with van der Waals surface area (Å²) in [5.74, 6) is 0.100. The van der Waals surface area contributed by atoms with Gasteiger partial charge in [-0.1, -0.05) is 41.9 Å². The van der Waals surface area contributed by atoms with E-state index in [9.17, 15) is 9.59 Å². The molecular weight excluding hydrogens is 352 g/mol. The van der Waals surface area contributed by atoms with Gasteiger partial charge in [0.1, 0.15) is 11.8 Å². The van der Waals surface area contributed by atoms with Crippen molar-refractivity contribution in [2.24, 2.45) is 0 Å². The zero-order valence-electron chi connectivity index (χ0n) is 14.9. The smallest absolute Gasteiger partial charge is 0.261 e. The second-order valence-corrected chi connectivity index (χ2v) is 6.29. The average Bonchev–Trinajstić information content (AvgIpc) is 2.67. The minimum absolute atomic E-state index is 0.141. The molecule has 2 aromatic rings. The van der Waals surface area contributed by atoms with E-state index in [1.807, 2.05) is 30.3 Å². The monoisotopic (exact) mass is 374 g/mol. The topological polar surface area (TPSA) is 58.6 Å². The zero-order valence-corrected chi connectivity index (χ0v) is 15.7. The van der Waals surface area contributed by atoms with Gasteiger partial charge in [0.15, 0.2) is 6.61 Å². The molecule has 1 N–H and O–H groups in total. The largest absolute Gasteiger partial charge is 0.484 e. The molecule has 6 heteroatoms. The summed E-state index contributed by atoms with van der Waals surface area (Å²) in [5.41, 5.74) is 1.10. The Balaban J connectivity index is 2.02. The van der Waals surface area contributed by atoms with Crippen LogP contribution in [0.4, 0.5) is 0 Å². The maximum atomic E-state index is 12.7. The van der Waals surface area contributed by atoms with Crippen LogP contribution in [0.3, 0.4) is 0 Å². The van der Waals surface area contributed by atoms with E-state index in [-0.39, 0.29) is 18.4 Å². The summed E-state index contributed by atoms with van der Waals surface area (Å²) in [7, 11) is 1.56. The van der Waals surface area contributed by atoms with Gasteiger partial charge in [-0.15, -0.1) is 0 Å². The maximum absolute atomic E-state index is 12.7. The van der Waals surface area contributed by atoms with Crippen molar-refractivity contribution in [2.75, 3.05) is 20.2 Å². The number of amides is 2. The number of benzene rings is 2. The van der Waals surface area contributed by atoms with Crippen molar-refractivity contribution in [3.8, 4) is 5.75 Å². The second-order valence-electron chi connectivity index (χ2n) is 5.86. The summed E-state index contributed by atoms with van der Waals surface area (Å²) in [4.78, 5) is 26.2. The number of nitrogens with zero attached hydrogens (tertiary/aromatic N) is 1. The highest BCUT2D eigenvalue weighted by Gasteiger charge is 2.25. The van der Waals surface area contributed by atoms with Crippen molar-refractivity contribution < 1.29 is 14.3 Å². The number of rotatable bonds is 8. The Morgan fingerprint density at radius 1 is 1.12 bits per heavy atom. The lowest BCUT2D eigenvalue weighted by atomic mass is 10.1. The van der Waals surface area contributed by atoms with Crippen LogP contribution in [0.5, 0.6) is 5.75 Å². The fourth-order valence-electron chi connectivity index (χ4n) is 2.54. The number of nitrogens with one attached hydrogen (secondary N) is 1. The highest BCUT2D eigenvalue weighted by atomic mass is 35.5. The third-order valence-corrected chi connectivity index (χ3v) is 4.33. The fraction of sp³-hybridized carbons (Fsp3) is 0.300. The molecule has 0 bridgehead atoms. The Labute approximate surface area is 158 Å². The van der Waals surface area contributed by atoms with E-state index in [0.717, 1.165) is 5.56 Å². The Morgan fingerprint density at radius 3 is 2.38 bits per heavy atom. The number of likely N-dealkylation sites (N-methyl/N-ethyl adjacent to an activating group) is 1. The standard InChI is InChI=1S/C20H23ClN2O3/c1-15(20(25)22-2)23(13-12-16-6-4-3-5-7-16)19(24)14-26-18-10-8-17(21)9-11-18/h3-11,15H,12-14H2,1-2H3,(H,22,25). The molecular formula is C20H23ClN2O3. The third kappa shape index (κ3) is 5.77. The number of hydrogen-bond acceptors (Lipinski definition) is 3. The van der Waals surface area contributed by atoms with E-state index in [1.54, 1.807) is 43.1 Å². The summed E-state index contributed by atoms with van der Waals surface area (Å²) >= 11 is 5.84. The highest BCUT2D eigenvalue weighted by molar-refractivity contribution is 6.30. The Morgan fingerprint density at radius 2 is 1.77 bits per heavy atom. The summed E-state index contributed by atoms with van der Waals surface area (Å²) in [5, 5.41) is 3.19. The van der Waals surface area contributed by atoms with Crippen LogP contribution >= 0.6 is 11.6 Å². The highest BCUT2D eigenvalue weighted by Crippen LogP contribution is 2.16. The minimum Gasteiger partial charge on any atom is -0.484 e. The van der Waals surface area contributed by atoms with Gasteiger partial charge in [0.05, 0.1) is 0 Å².